The predicted octanol–water partition coefficient (Wildman–Crippen LogP) is 1.10. The molecule has 1 aliphatic rings. The van der Waals surface area contributed by atoms with Crippen molar-refractivity contribution in [1.29, 1.82) is 0 Å². The Morgan fingerprint density at radius 2 is 2.44 bits per heavy atom. The van der Waals surface area contributed by atoms with Gasteiger partial charge in [-0.15, -0.1) is 0 Å². The van der Waals surface area contributed by atoms with Crippen LogP contribution in [0.5, 0.6) is 0 Å². The summed E-state index contributed by atoms with van der Waals surface area (Å²) >= 11 is 5.07. The van der Waals surface area contributed by atoms with Crippen molar-refractivity contribution in [3.63, 3.8) is 0 Å². The number of rotatable bonds is 4. The van der Waals surface area contributed by atoms with Crippen LogP contribution in [0.3, 0.4) is 0 Å². The fourth-order valence-corrected chi connectivity index (χ4v) is 2.70. The van der Waals surface area contributed by atoms with E-state index < -0.39 is 0 Å². The van der Waals surface area contributed by atoms with Gasteiger partial charge in [0.25, 0.3) is 0 Å². The first-order chi connectivity index (χ1) is 8.58. The van der Waals surface area contributed by atoms with Gasteiger partial charge < -0.3 is 15.5 Å². The smallest absolute Gasteiger partial charge is 0.138 e. The minimum absolute atomic E-state index is 0.411. The molecule has 2 N–H and O–H groups in total. The van der Waals surface area contributed by atoms with Crippen LogP contribution in [0.25, 0.3) is 0 Å². The van der Waals surface area contributed by atoms with Crippen LogP contribution in [0.2, 0.25) is 0 Å². The average Bonchev–Trinajstić information content (AvgIpc) is 2.74. The summed E-state index contributed by atoms with van der Waals surface area (Å²) in [5, 5.41) is 0. The zero-order valence-corrected chi connectivity index (χ0v) is 11.8. The van der Waals surface area contributed by atoms with Crippen LogP contribution in [0.4, 0.5) is 5.82 Å². The lowest BCUT2D eigenvalue weighted by atomic mass is 10.1. The van der Waals surface area contributed by atoms with Crippen LogP contribution in [0, 0.1) is 5.92 Å². The standard InChI is InChI=1S/C13H20N4S/c1-16-7-5-10(8-16)9-17(2)13-11(12(14)18)4-3-6-15-13/h3-4,6,10H,5,7-9H2,1-2H3,(H2,14,18). The van der Waals surface area contributed by atoms with E-state index in [9.17, 15) is 0 Å². The first kappa shape index (κ1) is 13.2. The van der Waals surface area contributed by atoms with E-state index in [0.717, 1.165) is 24.5 Å². The number of nitrogens with two attached hydrogens (primary N) is 1. The Morgan fingerprint density at radius 3 is 3.06 bits per heavy atom. The summed E-state index contributed by atoms with van der Waals surface area (Å²) in [6, 6.07) is 3.80. The summed E-state index contributed by atoms with van der Waals surface area (Å²) < 4.78 is 0. The van der Waals surface area contributed by atoms with E-state index in [4.69, 9.17) is 18.0 Å². The molecule has 0 bridgehead atoms. The monoisotopic (exact) mass is 264 g/mol. The molecular weight excluding hydrogens is 244 g/mol. The highest BCUT2D eigenvalue weighted by Crippen LogP contribution is 2.20. The van der Waals surface area contributed by atoms with Gasteiger partial charge in [-0.2, -0.15) is 0 Å². The molecule has 1 saturated heterocycles. The quantitative estimate of drug-likeness (QED) is 0.825. The molecule has 1 aromatic rings. The maximum Gasteiger partial charge on any atom is 0.138 e. The highest BCUT2D eigenvalue weighted by atomic mass is 32.1. The molecule has 1 fully saturated rings. The van der Waals surface area contributed by atoms with Crippen molar-refractivity contribution in [2.24, 2.45) is 11.7 Å². The molecule has 5 heteroatoms. The van der Waals surface area contributed by atoms with Gasteiger partial charge in [-0.1, -0.05) is 12.2 Å². The first-order valence-electron chi connectivity index (χ1n) is 6.22. The molecule has 1 aromatic heterocycles. The lowest BCUT2D eigenvalue weighted by Gasteiger charge is -2.24. The van der Waals surface area contributed by atoms with Crippen molar-refractivity contribution in [2.45, 2.75) is 6.42 Å². The van der Waals surface area contributed by atoms with E-state index in [-0.39, 0.29) is 0 Å². The third-order valence-electron chi connectivity index (χ3n) is 3.43. The van der Waals surface area contributed by atoms with E-state index in [0.29, 0.717) is 10.9 Å². The van der Waals surface area contributed by atoms with Crippen LogP contribution in [-0.2, 0) is 0 Å². The molecule has 0 aliphatic carbocycles. The Balaban J connectivity index is 2.09. The Kier molecular flexibility index (Phi) is 4.14. The number of hydrogen-bond acceptors (Lipinski definition) is 4. The van der Waals surface area contributed by atoms with Gasteiger partial charge in [0, 0.05) is 26.3 Å². The highest BCUT2D eigenvalue weighted by Gasteiger charge is 2.22. The van der Waals surface area contributed by atoms with Gasteiger partial charge in [-0.25, -0.2) is 4.98 Å². The van der Waals surface area contributed by atoms with Crippen LogP contribution >= 0.6 is 12.2 Å². The normalized spacial score (nSPS) is 20.0. The molecule has 4 nitrogen and oxygen atoms in total. The molecule has 0 aromatic carbocycles. The van der Waals surface area contributed by atoms with E-state index >= 15 is 0 Å². The lowest BCUT2D eigenvalue weighted by Crippen LogP contribution is -2.29. The number of anilines is 1. The van der Waals surface area contributed by atoms with Crippen molar-refractivity contribution >= 4 is 23.0 Å². The molecule has 18 heavy (non-hydrogen) atoms. The fraction of sp³-hybridized carbons (Fsp3) is 0.538. The van der Waals surface area contributed by atoms with Crippen LogP contribution < -0.4 is 10.6 Å². The van der Waals surface area contributed by atoms with E-state index in [1.54, 1.807) is 6.20 Å². The molecule has 1 atom stereocenters. The molecule has 1 aliphatic heterocycles. The maximum absolute atomic E-state index is 5.74. The fourth-order valence-electron chi connectivity index (χ4n) is 2.54. The summed E-state index contributed by atoms with van der Waals surface area (Å²) in [5.74, 6) is 1.58. The third-order valence-corrected chi connectivity index (χ3v) is 3.65. The molecule has 98 valence electrons. The van der Waals surface area contributed by atoms with Gasteiger partial charge in [0.1, 0.15) is 10.8 Å². The summed E-state index contributed by atoms with van der Waals surface area (Å²) in [6.45, 7) is 3.33. The summed E-state index contributed by atoms with van der Waals surface area (Å²) in [6.07, 6.45) is 3.03. The molecular formula is C13H20N4S. The van der Waals surface area contributed by atoms with Crippen LogP contribution in [-0.4, -0.2) is 48.6 Å². The lowest BCUT2D eigenvalue weighted by molar-refractivity contribution is 0.395. The zero-order valence-electron chi connectivity index (χ0n) is 11.0. The minimum Gasteiger partial charge on any atom is -0.389 e. The van der Waals surface area contributed by atoms with Crippen LogP contribution in [0.1, 0.15) is 12.0 Å². The van der Waals surface area contributed by atoms with Crippen molar-refractivity contribution in [3.8, 4) is 0 Å². The Morgan fingerprint density at radius 1 is 1.67 bits per heavy atom. The largest absolute Gasteiger partial charge is 0.389 e. The van der Waals surface area contributed by atoms with E-state index in [1.165, 1.54) is 13.0 Å². The van der Waals surface area contributed by atoms with Gasteiger partial charge in [-0.05, 0) is 38.1 Å². The van der Waals surface area contributed by atoms with E-state index in [1.807, 2.05) is 12.1 Å². The van der Waals surface area contributed by atoms with Crippen molar-refractivity contribution in [1.82, 2.24) is 9.88 Å². The molecule has 0 radical (unpaired) electrons. The van der Waals surface area contributed by atoms with Crippen molar-refractivity contribution in [3.05, 3.63) is 23.9 Å². The second-order valence-corrected chi connectivity index (χ2v) is 5.48. The third kappa shape index (κ3) is 2.97. The van der Waals surface area contributed by atoms with Gasteiger partial charge >= 0.3 is 0 Å². The van der Waals surface area contributed by atoms with Gasteiger partial charge in [0.15, 0.2) is 0 Å². The molecule has 1 unspecified atom stereocenters. The molecule has 0 saturated carbocycles. The van der Waals surface area contributed by atoms with E-state index in [2.05, 4.69) is 28.9 Å². The second-order valence-electron chi connectivity index (χ2n) is 5.04. The predicted molar refractivity (Wildman–Crippen MR) is 79.0 cm³/mol. The van der Waals surface area contributed by atoms with Crippen molar-refractivity contribution < 1.29 is 0 Å². The molecule has 2 rings (SSSR count). The number of likely N-dealkylation sites (tertiary alicyclic amines) is 1. The Bertz CT molecular complexity index is 435. The molecule has 0 amide bonds. The topological polar surface area (TPSA) is 45.4 Å². The SMILES string of the molecule is CN1CCC(CN(C)c2ncccc2C(N)=S)C1. The average molecular weight is 264 g/mol. The Hall–Kier alpha value is -1.20. The molecule has 0 spiro atoms. The number of pyridine rings is 1. The van der Waals surface area contributed by atoms with Crippen molar-refractivity contribution in [2.75, 3.05) is 38.6 Å². The van der Waals surface area contributed by atoms with Crippen LogP contribution in [0.15, 0.2) is 18.3 Å². The number of nitrogens with zero attached hydrogens (tertiary/aromatic N) is 3. The number of hydrogen-bond donors (Lipinski definition) is 1. The van der Waals surface area contributed by atoms with Gasteiger partial charge in [-0.3, -0.25) is 0 Å². The summed E-state index contributed by atoms with van der Waals surface area (Å²) in [7, 11) is 4.23. The summed E-state index contributed by atoms with van der Waals surface area (Å²) in [4.78, 5) is 9.35. The molecule has 2 heterocycles. The summed E-state index contributed by atoms with van der Waals surface area (Å²) in [5.41, 5.74) is 6.60. The van der Waals surface area contributed by atoms with Gasteiger partial charge in [0.05, 0.1) is 5.56 Å². The number of thiocarbonyl (C=S) groups is 1. The van der Waals surface area contributed by atoms with Gasteiger partial charge in [0.2, 0.25) is 0 Å². The zero-order chi connectivity index (χ0) is 13.1. The minimum atomic E-state index is 0.411. The second kappa shape index (κ2) is 5.63. The first-order valence-corrected chi connectivity index (χ1v) is 6.63. The maximum atomic E-state index is 5.74. The number of aromatic nitrogens is 1. The highest BCUT2D eigenvalue weighted by molar-refractivity contribution is 7.80. The Labute approximate surface area is 114 Å².